The highest BCUT2D eigenvalue weighted by Crippen LogP contribution is 2.39. The van der Waals surface area contributed by atoms with E-state index in [1.807, 2.05) is 24.3 Å². The molecular weight excluding hydrogens is 519 g/mol. The van der Waals surface area contributed by atoms with Gasteiger partial charge in [0, 0.05) is 10.8 Å². The Labute approximate surface area is 254 Å². The Bertz CT molecular complexity index is 1270. The predicted molar refractivity (Wildman–Crippen MR) is 178 cm³/mol. The minimum Gasteiger partial charge on any atom is -0.419 e. The third kappa shape index (κ3) is 9.42. The van der Waals surface area contributed by atoms with Crippen molar-refractivity contribution in [2.24, 2.45) is 5.92 Å². The lowest BCUT2D eigenvalue weighted by Gasteiger charge is -2.29. The Kier molecular flexibility index (Phi) is 13.9. The number of hydrogen-bond acceptors (Lipinski definition) is 2. The lowest BCUT2D eigenvalue weighted by Crippen LogP contribution is -2.14. The van der Waals surface area contributed by atoms with E-state index in [0.717, 1.165) is 24.1 Å². The zero-order chi connectivity index (χ0) is 29.6. The van der Waals surface area contributed by atoms with E-state index in [0.29, 0.717) is 28.7 Å². The Morgan fingerprint density at radius 3 is 1.88 bits per heavy atom. The summed E-state index contributed by atoms with van der Waals surface area (Å²) in [6.07, 6.45) is 28.0. The summed E-state index contributed by atoms with van der Waals surface area (Å²) >= 11 is 0. The molecule has 0 amide bonds. The van der Waals surface area contributed by atoms with Crippen LogP contribution in [0.5, 0.6) is 0 Å². The summed E-state index contributed by atoms with van der Waals surface area (Å²) in [5.41, 5.74) is 1.62. The molecule has 4 rings (SSSR count). The van der Waals surface area contributed by atoms with Crippen LogP contribution < -0.4 is 5.63 Å². The average Bonchev–Trinajstić information content (AvgIpc) is 3.01. The molecular formula is C39H57FO2. The molecule has 0 saturated heterocycles. The Morgan fingerprint density at radius 2 is 1.24 bits per heavy atom. The Morgan fingerprint density at radius 1 is 0.667 bits per heavy atom. The van der Waals surface area contributed by atoms with Crippen LogP contribution in [-0.4, -0.2) is 0 Å². The van der Waals surface area contributed by atoms with E-state index in [4.69, 9.17) is 4.42 Å². The van der Waals surface area contributed by atoms with Crippen molar-refractivity contribution in [1.82, 2.24) is 0 Å². The number of hydrogen-bond donors (Lipinski definition) is 0. The van der Waals surface area contributed by atoms with Crippen molar-refractivity contribution >= 4 is 21.7 Å². The molecule has 1 aliphatic carbocycles. The van der Waals surface area contributed by atoms with Crippen molar-refractivity contribution < 1.29 is 8.81 Å². The summed E-state index contributed by atoms with van der Waals surface area (Å²) in [6.45, 7) is 4.52. The summed E-state index contributed by atoms with van der Waals surface area (Å²) in [5.74, 6) is 1.01. The highest BCUT2D eigenvalue weighted by molar-refractivity contribution is 6.04. The van der Waals surface area contributed by atoms with Gasteiger partial charge in [-0.15, -0.1) is 0 Å². The van der Waals surface area contributed by atoms with Gasteiger partial charge in [-0.3, -0.25) is 0 Å². The number of benzene rings is 2. The third-order valence-corrected chi connectivity index (χ3v) is 10.0. The van der Waals surface area contributed by atoms with Crippen molar-refractivity contribution in [2.45, 2.75) is 161 Å². The summed E-state index contributed by atoms with van der Waals surface area (Å²) in [7, 11) is 0. The summed E-state index contributed by atoms with van der Waals surface area (Å²) < 4.78 is 21.1. The minimum absolute atomic E-state index is 0.124. The molecule has 1 aromatic heterocycles. The van der Waals surface area contributed by atoms with Gasteiger partial charge in [0.05, 0.1) is 5.39 Å². The van der Waals surface area contributed by atoms with E-state index in [1.165, 1.54) is 128 Å². The Hall–Kier alpha value is -2.16. The molecule has 1 saturated carbocycles. The number of halogens is 1. The molecule has 2 aromatic carbocycles. The van der Waals surface area contributed by atoms with Crippen LogP contribution >= 0.6 is 0 Å². The van der Waals surface area contributed by atoms with Crippen molar-refractivity contribution in [2.75, 3.05) is 0 Å². The zero-order valence-corrected chi connectivity index (χ0v) is 26.8. The van der Waals surface area contributed by atoms with Gasteiger partial charge in [0.25, 0.3) is 0 Å². The topological polar surface area (TPSA) is 30.2 Å². The summed E-state index contributed by atoms with van der Waals surface area (Å²) in [4.78, 5) is 13.1. The molecule has 3 heteroatoms. The van der Waals surface area contributed by atoms with Crippen molar-refractivity contribution in [3.63, 3.8) is 0 Å². The van der Waals surface area contributed by atoms with E-state index < -0.39 is 5.63 Å². The van der Waals surface area contributed by atoms with Crippen molar-refractivity contribution in [1.29, 1.82) is 0 Å². The van der Waals surface area contributed by atoms with Gasteiger partial charge in [-0.25, -0.2) is 9.18 Å². The molecule has 3 aromatic rings. The van der Waals surface area contributed by atoms with Gasteiger partial charge in [-0.05, 0) is 67.6 Å². The molecule has 1 aliphatic rings. The molecule has 0 bridgehead atoms. The van der Waals surface area contributed by atoms with Crippen LogP contribution in [0.3, 0.4) is 0 Å². The fourth-order valence-corrected chi connectivity index (χ4v) is 7.27. The van der Waals surface area contributed by atoms with Gasteiger partial charge in [-0.1, -0.05) is 141 Å². The molecule has 1 fully saturated rings. The molecule has 0 N–H and O–H groups in total. The summed E-state index contributed by atoms with van der Waals surface area (Å²) in [6, 6.07) is 10.1. The molecule has 0 atom stereocenters. The Balaban J connectivity index is 1.29. The van der Waals surface area contributed by atoms with Crippen LogP contribution in [-0.2, 0) is 6.42 Å². The number of aryl methyl sites for hydroxylation is 1. The fraction of sp³-hybridized carbons (Fsp3) is 0.667. The number of rotatable bonds is 19. The van der Waals surface area contributed by atoms with E-state index in [1.54, 1.807) is 0 Å². The van der Waals surface area contributed by atoms with Gasteiger partial charge < -0.3 is 4.42 Å². The molecule has 1 heterocycles. The number of unbranched alkanes of at least 4 members (excludes halogenated alkanes) is 14. The molecule has 0 spiro atoms. The third-order valence-electron chi connectivity index (χ3n) is 10.0. The first kappa shape index (κ1) is 32.7. The standard InChI is InChI=1S/C39H57FO2/c1-3-5-7-9-11-13-15-17-19-30-21-23-31(24-22-30)33-26-27-34-35-28-25-32(20-18-16-14-12-10-8-6-4-2)37(40)38(35)42-39(41)36(34)29-33/h25-31H,3-24H2,1-2H3. The van der Waals surface area contributed by atoms with Crippen molar-refractivity contribution in [3.05, 3.63) is 57.7 Å². The molecule has 2 nitrogen and oxygen atoms in total. The molecule has 0 aliphatic heterocycles. The largest absolute Gasteiger partial charge is 0.419 e. The van der Waals surface area contributed by atoms with Crippen LogP contribution in [0.4, 0.5) is 4.39 Å². The maximum absolute atomic E-state index is 15.5. The smallest absolute Gasteiger partial charge is 0.344 e. The normalized spacial score (nSPS) is 17.4. The van der Waals surface area contributed by atoms with Crippen LogP contribution in [0.15, 0.2) is 39.5 Å². The highest BCUT2D eigenvalue weighted by Gasteiger charge is 2.23. The first-order chi connectivity index (χ1) is 20.6. The van der Waals surface area contributed by atoms with E-state index in [2.05, 4.69) is 19.9 Å². The monoisotopic (exact) mass is 576 g/mol. The van der Waals surface area contributed by atoms with Crippen LogP contribution in [0.1, 0.15) is 166 Å². The molecule has 0 unspecified atom stereocenters. The van der Waals surface area contributed by atoms with E-state index in [-0.39, 0.29) is 11.4 Å². The second-order valence-electron chi connectivity index (χ2n) is 13.3. The van der Waals surface area contributed by atoms with Gasteiger partial charge >= 0.3 is 5.63 Å². The first-order valence-electron chi connectivity index (χ1n) is 17.8. The van der Waals surface area contributed by atoms with Crippen LogP contribution in [0, 0.1) is 11.7 Å². The van der Waals surface area contributed by atoms with Gasteiger partial charge in [0.15, 0.2) is 11.4 Å². The number of fused-ring (bicyclic) bond motifs is 3. The SMILES string of the molecule is CCCCCCCCCCc1ccc2c(oc(=O)c3cc(C4CCC(CCCCCCCCCC)CC4)ccc32)c1F. The van der Waals surface area contributed by atoms with Gasteiger partial charge in [0.1, 0.15) is 0 Å². The quantitative estimate of drug-likeness (QED) is 0.0807. The highest BCUT2D eigenvalue weighted by atomic mass is 19.1. The van der Waals surface area contributed by atoms with Crippen LogP contribution in [0.2, 0.25) is 0 Å². The molecule has 0 radical (unpaired) electrons. The maximum atomic E-state index is 15.5. The molecule has 232 valence electrons. The molecule has 42 heavy (non-hydrogen) atoms. The lowest BCUT2D eigenvalue weighted by molar-refractivity contribution is 0.302. The van der Waals surface area contributed by atoms with Gasteiger partial charge in [0.2, 0.25) is 0 Å². The van der Waals surface area contributed by atoms with Crippen molar-refractivity contribution in [3.8, 4) is 0 Å². The van der Waals surface area contributed by atoms with E-state index in [9.17, 15) is 4.79 Å². The summed E-state index contributed by atoms with van der Waals surface area (Å²) in [5, 5.41) is 2.12. The maximum Gasteiger partial charge on any atom is 0.344 e. The van der Waals surface area contributed by atoms with Crippen LogP contribution in [0.25, 0.3) is 21.7 Å². The predicted octanol–water partition coefficient (Wildman–Crippen LogP) is 12.6. The second-order valence-corrected chi connectivity index (χ2v) is 13.3. The first-order valence-corrected chi connectivity index (χ1v) is 17.8. The van der Waals surface area contributed by atoms with Gasteiger partial charge in [-0.2, -0.15) is 0 Å². The average molecular weight is 577 g/mol. The minimum atomic E-state index is -0.411. The van der Waals surface area contributed by atoms with E-state index >= 15 is 4.39 Å². The lowest BCUT2D eigenvalue weighted by atomic mass is 9.76. The fourth-order valence-electron chi connectivity index (χ4n) is 7.27. The second kappa shape index (κ2) is 17.8. The zero-order valence-electron chi connectivity index (χ0n) is 26.8.